The van der Waals surface area contributed by atoms with Crippen molar-refractivity contribution in [2.45, 2.75) is 44.0 Å². The number of carbonyl (C=O) groups excluding carboxylic acids is 1. The highest BCUT2D eigenvalue weighted by atomic mass is 19.1. The van der Waals surface area contributed by atoms with Gasteiger partial charge in [-0.05, 0) is 71.3 Å². The molecule has 0 saturated carbocycles. The van der Waals surface area contributed by atoms with Crippen molar-refractivity contribution >= 4 is 12.2 Å². The van der Waals surface area contributed by atoms with Gasteiger partial charge in [-0.2, -0.15) is 0 Å². The third-order valence-electron chi connectivity index (χ3n) is 8.68. The van der Waals surface area contributed by atoms with E-state index in [-0.39, 0.29) is 11.7 Å². The third-order valence-corrected chi connectivity index (χ3v) is 8.68. The molecule has 51 heavy (non-hydrogen) atoms. The second-order valence-electron chi connectivity index (χ2n) is 12.6. The second-order valence-corrected chi connectivity index (χ2v) is 12.6. The van der Waals surface area contributed by atoms with Gasteiger partial charge in [-0.1, -0.05) is 105 Å². The molecule has 0 amide bonds. The van der Waals surface area contributed by atoms with E-state index >= 15 is 0 Å². The summed E-state index contributed by atoms with van der Waals surface area (Å²) in [6.07, 6.45) is 0.242. The monoisotopic (exact) mass is 684 g/mol. The minimum atomic E-state index is -1.76. The van der Waals surface area contributed by atoms with Crippen LogP contribution in [0.25, 0.3) is 28.7 Å². The molecule has 6 nitrogen and oxygen atoms in total. The maximum atomic E-state index is 14.0. The minimum Gasteiger partial charge on any atom is -0.454 e. The Morgan fingerprint density at radius 2 is 1.25 bits per heavy atom. The van der Waals surface area contributed by atoms with Crippen molar-refractivity contribution < 1.29 is 28.5 Å². The van der Waals surface area contributed by atoms with Crippen LogP contribution < -0.4 is 0 Å². The van der Waals surface area contributed by atoms with Crippen molar-refractivity contribution in [2.24, 2.45) is 0 Å². The Morgan fingerprint density at radius 3 is 1.76 bits per heavy atom. The molecular formula is C43H38F2N2O4. The quantitative estimate of drug-likeness (QED) is 0.126. The topological polar surface area (TPSA) is 84.6 Å². The van der Waals surface area contributed by atoms with Gasteiger partial charge in [0.2, 0.25) is 0 Å². The first-order valence-electron chi connectivity index (χ1n) is 16.7. The second kappa shape index (κ2) is 15.5. The Hall–Kier alpha value is -5.70. The van der Waals surface area contributed by atoms with Gasteiger partial charge < -0.3 is 19.5 Å². The van der Waals surface area contributed by atoms with Crippen LogP contribution in [0, 0.1) is 11.6 Å². The Kier molecular flexibility index (Phi) is 10.7. The van der Waals surface area contributed by atoms with Crippen LogP contribution in [-0.2, 0) is 15.1 Å². The van der Waals surface area contributed by atoms with E-state index < -0.39 is 36.0 Å². The fourth-order valence-corrected chi connectivity index (χ4v) is 6.18. The van der Waals surface area contributed by atoms with Crippen molar-refractivity contribution in [3.63, 3.8) is 0 Å². The molecule has 5 aromatic carbocycles. The largest absolute Gasteiger partial charge is 0.454 e. The molecule has 0 aliphatic carbocycles. The van der Waals surface area contributed by atoms with Crippen LogP contribution in [0.4, 0.5) is 8.78 Å². The van der Waals surface area contributed by atoms with Crippen LogP contribution in [0.3, 0.4) is 0 Å². The van der Waals surface area contributed by atoms with Crippen molar-refractivity contribution in [3.8, 4) is 22.5 Å². The van der Waals surface area contributed by atoms with Crippen molar-refractivity contribution in [2.75, 3.05) is 0 Å². The summed E-state index contributed by atoms with van der Waals surface area (Å²) in [5, 5.41) is 23.8. The first kappa shape index (κ1) is 35.1. The number of hydrogen-bond acceptors (Lipinski definition) is 5. The van der Waals surface area contributed by atoms with Gasteiger partial charge in [0.15, 0.2) is 11.7 Å². The predicted molar refractivity (Wildman–Crippen MR) is 194 cm³/mol. The molecule has 0 unspecified atom stereocenters. The summed E-state index contributed by atoms with van der Waals surface area (Å²) >= 11 is 0. The van der Waals surface area contributed by atoms with Crippen LogP contribution >= 0.6 is 0 Å². The Morgan fingerprint density at radius 1 is 0.765 bits per heavy atom. The molecule has 258 valence electrons. The number of esters is 1. The van der Waals surface area contributed by atoms with Gasteiger partial charge in [0, 0.05) is 23.2 Å². The van der Waals surface area contributed by atoms with E-state index in [9.17, 15) is 23.8 Å². The Labute approximate surface area is 296 Å². The van der Waals surface area contributed by atoms with E-state index in [1.54, 1.807) is 83.6 Å². The SMILES string of the molecule is CC(C)c1nc(-c2ccc(F)cc2)c(-c2ccc(F)cc2)n1/C=C/[C@@H](O)CC(=O)O[C@@H](c1ccccc1)C(O)(c1ccccc1)c1ccccc1. The summed E-state index contributed by atoms with van der Waals surface area (Å²) in [4.78, 5) is 18.6. The zero-order valence-electron chi connectivity index (χ0n) is 28.2. The van der Waals surface area contributed by atoms with Crippen LogP contribution in [0.1, 0.15) is 54.8 Å². The molecule has 0 bridgehead atoms. The van der Waals surface area contributed by atoms with Crippen molar-refractivity contribution in [1.29, 1.82) is 0 Å². The van der Waals surface area contributed by atoms with E-state index in [0.717, 1.165) is 0 Å². The number of rotatable bonds is 12. The minimum absolute atomic E-state index is 0.0783. The molecule has 0 aliphatic rings. The average molecular weight is 685 g/mol. The molecule has 2 N–H and O–H groups in total. The Bertz CT molecular complexity index is 2040. The standard InChI is InChI=1S/C43H38F2N2O4/c1-29(2)42-46-39(30-18-22-35(44)23-19-30)40(31-20-24-36(45)25-21-31)47(42)27-26-37(48)28-38(49)51-41(32-12-6-3-7-13-32)43(50,33-14-8-4-9-15-33)34-16-10-5-11-17-34/h3-27,29,37,41,48,50H,28H2,1-2H3/b27-26+/t37-,41+/m1/s1. The number of aliphatic hydroxyl groups is 2. The number of aromatic nitrogens is 2. The molecule has 1 heterocycles. The maximum absolute atomic E-state index is 14.0. The number of imidazole rings is 1. The first-order valence-corrected chi connectivity index (χ1v) is 16.7. The van der Waals surface area contributed by atoms with E-state index in [0.29, 0.717) is 45.0 Å². The summed E-state index contributed by atoms with van der Waals surface area (Å²) < 4.78 is 35.7. The van der Waals surface area contributed by atoms with Crippen LogP contribution in [0.15, 0.2) is 146 Å². The highest BCUT2D eigenvalue weighted by molar-refractivity contribution is 5.81. The van der Waals surface area contributed by atoms with Gasteiger partial charge >= 0.3 is 5.97 Å². The lowest BCUT2D eigenvalue weighted by molar-refractivity contribution is -0.165. The molecule has 0 spiro atoms. The normalized spacial score (nSPS) is 13.0. The molecular weight excluding hydrogens is 646 g/mol. The molecule has 0 radical (unpaired) electrons. The summed E-state index contributed by atoms with van der Waals surface area (Å²) in [6.45, 7) is 3.93. The smallest absolute Gasteiger partial charge is 0.309 e. The molecule has 6 aromatic rings. The van der Waals surface area contributed by atoms with Gasteiger partial charge in [-0.15, -0.1) is 0 Å². The van der Waals surface area contributed by atoms with Crippen molar-refractivity contribution in [1.82, 2.24) is 9.55 Å². The van der Waals surface area contributed by atoms with Crippen LogP contribution in [0.2, 0.25) is 0 Å². The average Bonchev–Trinajstić information content (AvgIpc) is 3.54. The molecule has 0 saturated heterocycles. The van der Waals surface area contributed by atoms with E-state index in [4.69, 9.17) is 9.72 Å². The Balaban J connectivity index is 1.33. The fraction of sp³-hybridized carbons (Fsp3) is 0.163. The summed E-state index contributed by atoms with van der Waals surface area (Å²) in [6, 6.07) is 39.0. The number of carbonyl (C=O) groups is 1. The van der Waals surface area contributed by atoms with E-state index in [1.165, 1.54) is 30.3 Å². The lowest BCUT2D eigenvalue weighted by Crippen LogP contribution is -2.38. The molecule has 0 fully saturated rings. The highest BCUT2D eigenvalue weighted by Crippen LogP contribution is 2.43. The fourth-order valence-electron chi connectivity index (χ4n) is 6.18. The summed E-state index contributed by atoms with van der Waals surface area (Å²) in [5.41, 5.74) is 2.35. The number of aliphatic hydroxyl groups excluding tert-OH is 1. The molecule has 0 aliphatic heterocycles. The zero-order chi connectivity index (χ0) is 36.0. The molecule has 8 heteroatoms. The number of nitrogens with zero attached hydrogens (tertiary/aromatic N) is 2. The van der Waals surface area contributed by atoms with Crippen molar-refractivity contribution in [3.05, 3.63) is 180 Å². The maximum Gasteiger partial charge on any atom is 0.309 e. The predicted octanol–water partition coefficient (Wildman–Crippen LogP) is 9.06. The molecule has 2 atom stereocenters. The number of halogens is 2. The molecule has 6 rings (SSSR count). The van der Waals surface area contributed by atoms with E-state index in [1.807, 2.05) is 56.3 Å². The third kappa shape index (κ3) is 7.72. The van der Waals surface area contributed by atoms with E-state index in [2.05, 4.69) is 0 Å². The number of hydrogen-bond donors (Lipinski definition) is 2. The van der Waals surface area contributed by atoms with Gasteiger partial charge in [0.05, 0.1) is 23.9 Å². The van der Waals surface area contributed by atoms with Gasteiger partial charge in [0.1, 0.15) is 17.5 Å². The van der Waals surface area contributed by atoms with Gasteiger partial charge in [0.25, 0.3) is 0 Å². The zero-order valence-corrected chi connectivity index (χ0v) is 28.2. The van der Waals surface area contributed by atoms with Gasteiger partial charge in [-0.3, -0.25) is 4.79 Å². The lowest BCUT2D eigenvalue weighted by atomic mass is 9.79. The van der Waals surface area contributed by atoms with Crippen LogP contribution in [0.5, 0.6) is 0 Å². The lowest BCUT2D eigenvalue weighted by Gasteiger charge is -2.37. The number of benzene rings is 5. The highest BCUT2D eigenvalue weighted by Gasteiger charge is 2.44. The summed E-state index contributed by atoms with van der Waals surface area (Å²) in [7, 11) is 0. The first-order chi connectivity index (χ1) is 24.6. The molecule has 1 aromatic heterocycles. The number of ether oxygens (including phenoxy) is 1. The summed E-state index contributed by atoms with van der Waals surface area (Å²) in [5.74, 6) is -0.959. The van der Waals surface area contributed by atoms with Crippen LogP contribution in [-0.4, -0.2) is 31.8 Å². The van der Waals surface area contributed by atoms with Gasteiger partial charge in [-0.25, -0.2) is 13.8 Å².